The number of hydrogen-bond acceptors (Lipinski definition) is 4. The number of amides is 2. The number of ether oxygens (including phenoxy) is 1. The highest BCUT2D eigenvalue weighted by molar-refractivity contribution is 8.00. The smallest absolute Gasteiger partial charge is 0.255 e. The molecule has 0 heterocycles. The molecule has 3 aromatic rings. The molecule has 0 radical (unpaired) electrons. The number of hydrogen-bond donors (Lipinski definition) is 2. The minimum absolute atomic E-state index is 0.0935. The van der Waals surface area contributed by atoms with E-state index in [9.17, 15) is 9.59 Å². The minimum Gasteiger partial charge on any atom is -0.494 e. The van der Waals surface area contributed by atoms with E-state index in [2.05, 4.69) is 17.6 Å². The van der Waals surface area contributed by atoms with Crippen molar-refractivity contribution in [2.24, 2.45) is 0 Å². The van der Waals surface area contributed by atoms with E-state index in [1.807, 2.05) is 73.7 Å². The van der Waals surface area contributed by atoms with Crippen LogP contribution in [-0.4, -0.2) is 24.2 Å². The normalized spacial score (nSPS) is 10.4. The van der Waals surface area contributed by atoms with Crippen molar-refractivity contribution in [3.05, 3.63) is 83.9 Å². The fraction of sp³-hybridized carbons (Fsp3) is 0.231. The molecule has 2 N–H and O–H groups in total. The Morgan fingerprint density at radius 1 is 0.906 bits per heavy atom. The summed E-state index contributed by atoms with van der Waals surface area (Å²) < 4.78 is 5.64. The number of rotatable bonds is 10. The van der Waals surface area contributed by atoms with Gasteiger partial charge in [0.15, 0.2) is 0 Å². The predicted octanol–water partition coefficient (Wildman–Crippen LogP) is 6.16. The minimum atomic E-state index is -0.148. The molecule has 0 fully saturated rings. The van der Waals surface area contributed by atoms with Crippen molar-refractivity contribution in [1.29, 1.82) is 0 Å². The first kappa shape index (κ1) is 23.4. The molecule has 5 nitrogen and oxygen atoms in total. The molecule has 0 aliphatic rings. The van der Waals surface area contributed by atoms with Crippen LogP contribution in [0.5, 0.6) is 5.75 Å². The molecule has 3 rings (SSSR count). The zero-order valence-electron chi connectivity index (χ0n) is 18.4. The molecular formula is C26H28N2O3S. The SMILES string of the molecule is CCCCOc1ccc(NC(=O)CSc2cccc(NC(=O)c3ccccc3C)c2)cc1. The summed E-state index contributed by atoms with van der Waals surface area (Å²) in [7, 11) is 0. The lowest BCUT2D eigenvalue weighted by atomic mass is 10.1. The van der Waals surface area contributed by atoms with Gasteiger partial charge in [0.1, 0.15) is 5.75 Å². The summed E-state index contributed by atoms with van der Waals surface area (Å²) in [6.45, 7) is 4.73. The molecule has 6 heteroatoms. The second-order valence-corrected chi connectivity index (χ2v) is 8.41. The number of carbonyl (C=O) groups is 2. The van der Waals surface area contributed by atoms with Crippen molar-refractivity contribution in [2.75, 3.05) is 23.0 Å². The number of aryl methyl sites for hydroxylation is 1. The fourth-order valence-corrected chi connectivity index (χ4v) is 3.76. The molecule has 0 aliphatic carbocycles. The van der Waals surface area contributed by atoms with Crippen LogP contribution >= 0.6 is 11.8 Å². The van der Waals surface area contributed by atoms with Gasteiger partial charge in [-0.05, 0) is 67.4 Å². The van der Waals surface area contributed by atoms with Crippen molar-refractivity contribution < 1.29 is 14.3 Å². The highest BCUT2D eigenvalue weighted by atomic mass is 32.2. The van der Waals surface area contributed by atoms with Gasteiger partial charge in [0, 0.05) is 21.8 Å². The van der Waals surface area contributed by atoms with E-state index in [1.165, 1.54) is 11.8 Å². The van der Waals surface area contributed by atoms with Crippen molar-refractivity contribution in [3.8, 4) is 5.75 Å². The Hall–Kier alpha value is -3.25. The standard InChI is InChI=1S/C26H28N2O3S/c1-3-4-16-31-22-14-12-20(13-15-22)27-25(29)18-32-23-10-7-9-21(17-23)28-26(30)24-11-6-5-8-19(24)2/h5-15,17H,3-4,16,18H2,1-2H3,(H,27,29)(H,28,30). The summed E-state index contributed by atoms with van der Waals surface area (Å²) in [5, 5.41) is 5.82. The highest BCUT2D eigenvalue weighted by Gasteiger charge is 2.10. The third-order valence-electron chi connectivity index (χ3n) is 4.76. The Morgan fingerprint density at radius 3 is 2.44 bits per heavy atom. The number of anilines is 2. The first-order valence-corrected chi connectivity index (χ1v) is 11.7. The molecule has 0 aliphatic heterocycles. The maximum Gasteiger partial charge on any atom is 0.255 e. The Labute approximate surface area is 193 Å². The second-order valence-electron chi connectivity index (χ2n) is 7.36. The topological polar surface area (TPSA) is 67.4 Å². The van der Waals surface area contributed by atoms with Gasteiger partial charge in [-0.3, -0.25) is 9.59 Å². The van der Waals surface area contributed by atoms with E-state index in [1.54, 1.807) is 6.07 Å². The van der Waals surface area contributed by atoms with Gasteiger partial charge in [-0.25, -0.2) is 0 Å². The average molecular weight is 449 g/mol. The molecule has 0 spiro atoms. The number of unbranched alkanes of at least 4 members (excludes halogenated alkanes) is 1. The van der Waals surface area contributed by atoms with E-state index in [4.69, 9.17) is 4.74 Å². The van der Waals surface area contributed by atoms with Crippen LogP contribution in [0.15, 0.2) is 77.7 Å². The Kier molecular flexibility index (Phi) is 8.75. The molecule has 32 heavy (non-hydrogen) atoms. The summed E-state index contributed by atoms with van der Waals surface area (Å²) in [6, 6.07) is 22.4. The average Bonchev–Trinajstić information content (AvgIpc) is 2.79. The molecule has 0 aromatic heterocycles. The van der Waals surface area contributed by atoms with E-state index in [0.29, 0.717) is 17.9 Å². The van der Waals surface area contributed by atoms with E-state index >= 15 is 0 Å². The Balaban J connectivity index is 1.50. The van der Waals surface area contributed by atoms with Crippen molar-refractivity contribution in [3.63, 3.8) is 0 Å². The largest absolute Gasteiger partial charge is 0.494 e. The fourth-order valence-electron chi connectivity index (χ4n) is 3.00. The predicted molar refractivity (Wildman–Crippen MR) is 132 cm³/mol. The van der Waals surface area contributed by atoms with Crippen molar-refractivity contribution >= 4 is 35.0 Å². The molecule has 3 aromatic carbocycles. The lowest BCUT2D eigenvalue weighted by Crippen LogP contribution is -2.14. The third kappa shape index (κ3) is 7.17. The third-order valence-corrected chi connectivity index (χ3v) is 5.75. The number of carbonyl (C=O) groups excluding carboxylic acids is 2. The van der Waals surface area contributed by atoms with Crippen LogP contribution in [0.25, 0.3) is 0 Å². The van der Waals surface area contributed by atoms with Gasteiger partial charge >= 0.3 is 0 Å². The van der Waals surface area contributed by atoms with Gasteiger partial charge < -0.3 is 15.4 Å². The lowest BCUT2D eigenvalue weighted by molar-refractivity contribution is -0.113. The van der Waals surface area contributed by atoms with Gasteiger partial charge in [-0.15, -0.1) is 11.8 Å². The Morgan fingerprint density at radius 2 is 1.69 bits per heavy atom. The van der Waals surface area contributed by atoms with Crippen molar-refractivity contribution in [1.82, 2.24) is 0 Å². The van der Waals surface area contributed by atoms with Crippen LogP contribution in [0.2, 0.25) is 0 Å². The van der Waals surface area contributed by atoms with E-state index in [0.717, 1.165) is 34.7 Å². The summed E-state index contributed by atoms with van der Waals surface area (Å²) in [5.74, 6) is 0.828. The number of benzene rings is 3. The van der Waals surface area contributed by atoms with Crippen LogP contribution in [0.4, 0.5) is 11.4 Å². The number of thioether (sulfide) groups is 1. The van der Waals surface area contributed by atoms with Crippen LogP contribution in [0.3, 0.4) is 0 Å². The summed E-state index contributed by atoms with van der Waals surface area (Å²) >= 11 is 1.42. The van der Waals surface area contributed by atoms with Gasteiger partial charge in [0.2, 0.25) is 5.91 Å². The molecular weight excluding hydrogens is 420 g/mol. The maximum absolute atomic E-state index is 12.5. The maximum atomic E-state index is 12.5. The first-order valence-electron chi connectivity index (χ1n) is 10.7. The highest BCUT2D eigenvalue weighted by Crippen LogP contribution is 2.23. The first-order chi connectivity index (χ1) is 15.5. The zero-order valence-corrected chi connectivity index (χ0v) is 19.2. The quantitative estimate of drug-likeness (QED) is 0.288. The van der Waals surface area contributed by atoms with Crippen LogP contribution in [0.1, 0.15) is 35.7 Å². The number of nitrogens with one attached hydrogen (secondary N) is 2. The molecule has 166 valence electrons. The zero-order chi connectivity index (χ0) is 22.8. The van der Waals surface area contributed by atoms with Gasteiger partial charge in [-0.1, -0.05) is 37.6 Å². The molecule has 0 bridgehead atoms. The summed E-state index contributed by atoms with van der Waals surface area (Å²) in [5.41, 5.74) is 3.00. The second kappa shape index (κ2) is 12.0. The summed E-state index contributed by atoms with van der Waals surface area (Å²) in [6.07, 6.45) is 2.11. The van der Waals surface area contributed by atoms with Crippen LogP contribution in [-0.2, 0) is 4.79 Å². The molecule has 0 saturated heterocycles. The Bertz CT molecular complexity index is 1050. The molecule has 2 amide bonds. The molecule has 0 unspecified atom stereocenters. The molecule has 0 atom stereocenters. The lowest BCUT2D eigenvalue weighted by Gasteiger charge is -2.10. The van der Waals surface area contributed by atoms with Crippen LogP contribution in [0, 0.1) is 6.92 Å². The molecule has 0 saturated carbocycles. The van der Waals surface area contributed by atoms with Crippen molar-refractivity contribution in [2.45, 2.75) is 31.6 Å². The van der Waals surface area contributed by atoms with E-state index in [-0.39, 0.29) is 17.6 Å². The van der Waals surface area contributed by atoms with Gasteiger partial charge in [0.25, 0.3) is 5.91 Å². The monoisotopic (exact) mass is 448 g/mol. The summed E-state index contributed by atoms with van der Waals surface area (Å²) in [4.78, 5) is 25.8. The van der Waals surface area contributed by atoms with Gasteiger partial charge in [-0.2, -0.15) is 0 Å². The van der Waals surface area contributed by atoms with Crippen LogP contribution < -0.4 is 15.4 Å². The van der Waals surface area contributed by atoms with Gasteiger partial charge in [0.05, 0.1) is 12.4 Å². The van der Waals surface area contributed by atoms with E-state index < -0.39 is 0 Å².